The Morgan fingerprint density at radius 3 is 2.55 bits per heavy atom. The zero-order valence-corrected chi connectivity index (χ0v) is 17.9. The van der Waals surface area contributed by atoms with Crippen molar-refractivity contribution in [2.75, 3.05) is 59.1 Å². The fourth-order valence-corrected chi connectivity index (χ4v) is 4.07. The molecule has 2 aliphatic rings. The number of rotatable bonds is 7. The standard InChI is InChI=1S/C23H26N2O6/c1-24-22(15-4-6-16(7-5-15)25-8-9-30-14-20(25)26)21-18(23(24)27)12-17(13-19(21)29-3)31-11-10-28-2/h4-7,12-13,22H,8-11,14H2,1-3H3. The molecule has 8 nitrogen and oxygen atoms in total. The van der Waals surface area contributed by atoms with E-state index in [9.17, 15) is 9.59 Å². The first-order valence-electron chi connectivity index (χ1n) is 10.1. The largest absolute Gasteiger partial charge is 0.496 e. The highest BCUT2D eigenvalue weighted by Gasteiger charge is 2.38. The van der Waals surface area contributed by atoms with E-state index >= 15 is 0 Å². The summed E-state index contributed by atoms with van der Waals surface area (Å²) < 4.78 is 21.6. The van der Waals surface area contributed by atoms with Crippen molar-refractivity contribution >= 4 is 17.5 Å². The summed E-state index contributed by atoms with van der Waals surface area (Å²) in [7, 11) is 4.97. The van der Waals surface area contributed by atoms with Gasteiger partial charge in [0, 0.05) is 38.0 Å². The van der Waals surface area contributed by atoms with Crippen molar-refractivity contribution < 1.29 is 28.5 Å². The van der Waals surface area contributed by atoms with Crippen molar-refractivity contribution in [3.05, 3.63) is 53.1 Å². The number of hydrogen-bond acceptors (Lipinski definition) is 6. The van der Waals surface area contributed by atoms with Crippen LogP contribution in [0.4, 0.5) is 5.69 Å². The molecular weight excluding hydrogens is 400 g/mol. The van der Waals surface area contributed by atoms with Gasteiger partial charge in [-0.3, -0.25) is 9.59 Å². The van der Waals surface area contributed by atoms with Gasteiger partial charge in [-0.15, -0.1) is 0 Å². The summed E-state index contributed by atoms with van der Waals surface area (Å²) in [5.41, 5.74) is 3.12. The highest BCUT2D eigenvalue weighted by atomic mass is 16.5. The lowest BCUT2D eigenvalue weighted by Gasteiger charge is -2.28. The van der Waals surface area contributed by atoms with Gasteiger partial charge in [-0.25, -0.2) is 0 Å². The molecule has 1 atom stereocenters. The van der Waals surface area contributed by atoms with E-state index in [1.54, 1.807) is 43.2 Å². The van der Waals surface area contributed by atoms with Crippen molar-refractivity contribution in [3.8, 4) is 11.5 Å². The lowest BCUT2D eigenvalue weighted by Crippen LogP contribution is -2.41. The number of benzene rings is 2. The van der Waals surface area contributed by atoms with E-state index in [-0.39, 0.29) is 24.5 Å². The van der Waals surface area contributed by atoms with Crippen LogP contribution in [0.2, 0.25) is 0 Å². The second kappa shape index (κ2) is 8.95. The molecule has 4 rings (SSSR count). The second-order valence-electron chi connectivity index (χ2n) is 7.44. The molecule has 1 saturated heterocycles. The average molecular weight is 426 g/mol. The van der Waals surface area contributed by atoms with Crippen LogP contribution in [-0.2, 0) is 14.3 Å². The molecule has 31 heavy (non-hydrogen) atoms. The summed E-state index contributed by atoms with van der Waals surface area (Å²) in [6.07, 6.45) is 0. The van der Waals surface area contributed by atoms with Crippen LogP contribution in [0, 0.1) is 0 Å². The Kier molecular flexibility index (Phi) is 6.11. The average Bonchev–Trinajstić information content (AvgIpc) is 3.04. The topological polar surface area (TPSA) is 77.5 Å². The molecule has 2 amide bonds. The summed E-state index contributed by atoms with van der Waals surface area (Å²) in [4.78, 5) is 28.5. The number of ether oxygens (including phenoxy) is 4. The van der Waals surface area contributed by atoms with Crippen molar-refractivity contribution in [1.82, 2.24) is 4.90 Å². The summed E-state index contributed by atoms with van der Waals surface area (Å²) in [5.74, 6) is 1.01. The monoisotopic (exact) mass is 426 g/mol. The molecule has 1 fully saturated rings. The van der Waals surface area contributed by atoms with Gasteiger partial charge >= 0.3 is 0 Å². The van der Waals surface area contributed by atoms with Crippen LogP contribution in [0.15, 0.2) is 36.4 Å². The van der Waals surface area contributed by atoms with E-state index in [1.165, 1.54) is 0 Å². The third-order valence-corrected chi connectivity index (χ3v) is 5.61. The maximum Gasteiger partial charge on any atom is 0.255 e. The zero-order chi connectivity index (χ0) is 22.0. The number of carbonyl (C=O) groups is 2. The highest BCUT2D eigenvalue weighted by Crippen LogP contribution is 2.45. The Morgan fingerprint density at radius 1 is 1.10 bits per heavy atom. The first kappa shape index (κ1) is 21.1. The molecule has 2 aromatic rings. The summed E-state index contributed by atoms with van der Waals surface area (Å²) >= 11 is 0. The van der Waals surface area contributed by atoms with Crippen molar-refractivity contribution in [1.29, 1.82) is 0 Å². The fourth-order valence-electron chi connectivity index (χ4n) is 4.07. The number of carbonyl (C=O) groups excluding carboxylic acids is 2. The molecule has 0 spiro atoms. The molecule has 164 valence electrons. The summed E-state index contributed by atoms with van der Waals surface area (Å²) in [6, 6.07) is 11.0. The van der Waals surface area contributed by atoms with Gasteiger partial charge in [-0.1, -0.05) is 12.1 Å². The predicted molar refractivity (Wildman–Crippen MR) is 114 cm³/mol. The number of nitrogens with zero attached hydrogens (tertiary/aromatic N) is 2. The fraction of sp³-hybridized carbons (Fsp3) is 0.391. The van der Waals surface area contributed by atoms with E-state index < -0.39 is 0 Å². The SMILES string of the molecule is COCCOc1cc(OC)c2c(c1)C(=O)N(C)C2c1ccc(N2CCOCC2=O)cc1. The van der Waals surface area contributed by atoms with Crippen molar-refractivity contribution in [3.63, 3.8) is 0 Å². The van der Waals surface area contributed by atoms with Crippen LogP contribution >= 0.6 is 0 Å². The lowest BCUT2D eigenvalue weighted by atomic mass is 9.96. The molecule has 8 heteroatoms. The zero-order valence-electron chi connectivity index (χ0n) is 17.9. The molecule has 2 aromatic carbocycles. The van der Waals surface area contributed by atoms with Crippen LogP contribution in [0.5, 0.6) is 11.5 Å². The van der Waals surface area contributed by atoms with Crippen LogP contribution < -0.4 is 14.4 Å². The first-order chi connectivity index (χ1) is 15.0. The number of anilines is 1. The maximum absolute atomic E-state index is 13.0. The minimum absolute atomic E-state index is 0.0554. The molecule has 0 bridgehead atoms. The molecule has 0 aromatic heterocycles. The van der Waals surface area contributed by atoms with Crippen LogP contribution in [0.3, 0.4) is 0 Å². The Morgan fingerprint density at radius 2 is 1.87 bits per heavy atom. The molecule has 2 heterocycles. The van der Waals surface area contributed by atoms with Gasteiger partial charge in [0.05, 0.1) is 31.9 Å². The molecule has 0 aliphatic carbocycles. The van der Waals surface area contributed by atoms with E-state index in [4.69, 9.17) is 18.9 Å². The number of hydrogen-bond donors (Lipinski definition) is 0. The summed E-state index contributed by atoms with van der Waals surface area (Å²) in [6.45, 7) is 1.98. The molecule has 2 aliphatic heterocycles. The Labute approximate surface area is 181 Å². The second-order valence-corrected chi connectivity index (χ2v) is 7.44. The quantitative estimate of drug-likeness (QED) is 0.632. The maximum atomic E-state index is 13.0. The number of fused-ring (bicyclic) bond motifs is 1. The highest BCUT2D eigenvalue weighted by molar-refractivity contribution is 6.01. The van der Waals surface area contributed by atoms with E-state index in [2.05, 4.69) is 0 Å². The molecule has 1 unspecified atom stereocenters. The van der Waals surface area contributed by atoms with Gasteiger partial charge in [0.2, 0.25) is 0 Å². The molecule has 0 N–H and O–H groups in total. The Hall–Kier alpha value is -3.10. The normalized spacial score (nSPS) is 18.4. The third kappa shape index (κ3) is 3.96. The minimum atomic E-state index is -0.292. The van der Waals surface area contributed by atoms with E-state index in [0.29, 0.717) is 43.4 Å². The van der Waals surface area contributed by atoms with Gasteiger partial charge < -0.3 is 28.7 Å². The van der Waals surface area contributed by atoms with Crippen LogP contribution in [-0.4, -0.2) is 71.0 Å². The van der Waals surface area contributed by atoms with E-state index in [0.717, 1.165) is 16.8 Å². The molecule has 0 radical (unpaired) electrons. The predicted octanol–water partition coefficient (Wildman–Crippen LogP) is 2.26. The lowest BCUT2D eigenvalue weighted by molar-refractivity contribution is -0.125. The number of methoxy groups -OCH3 is 2. The van der Waals surface area contributed by atoms with Gasteiger partial charge in [-0.2, -0.15) is 0 Å². The molecule has 0 saturated carbocycles. The Balaban J connectivity index is 1.66. The van der Waals surface area contributed by atoms with Gasteiger partial charge in [0.25, 0.3) is 11.8 Å². The minimum Gasteiger partial charge on any atom is -0.496 e. The smallest absolute Gasteiger partial charge is 0.255 e. The summed E-state index contributed by atoms with van der Waals surface area (Å²) in [5, 5.41) is 0. The third-order valence-electron chi connectivity index (χ3n) is 5.61. The molecular formula is C23H26N2O6. The van der Waals surface area contributed by atoms with Crippen molar-refractivity contribution in [2.24, 2.45) is 0 Å². The number of morpholine rings is 1. The first-order valence-corrected chi connectivity index (χ1v) is 10.1. The van der Waals surface area contributed by atoms with Crippen LogP contribution in [0.25, 0.3) is 0 Å². The number of amides is 2. The van der Waals surface area contributed by atoms with E-state index in [1.807, 2.05) is 24.3 Å². The Bertz CT molecular complexity index is 975. The van der Waals surface area contributed by atoms with Gasteiger partial charge in [-0.05, 0) is 23.8 Å². The van der Waals surface area contributed by atoms with Crippen LogP contribution in [0.1, 0.15) is 27.5 Å². The van der Waals surface area contributed by atoms with Gasteiger partial charge in [0.15, 0.2) is 0 Å². The van der Waals surface area contributed by atoms with Crippen molar-refractivity contribution in [2.45, 2.75) is 6.04 Å². The van der Waals surface area contributed by atoms with Gasteiger partial charge in [0.1, 0.15) is 24.7 Å².